The molecule has 0 fully saturated rings. The summed E-state index contributed by atoms with van der Waals surface area (Å²) in [6.45, 7) is 0.399. The standard InChI is InChI=1S/C12H7BrO2/c13-10-2-1-7-5-11-9(3-8(7)4-10)6-15-12(11)14/h1-5H,6H2. The van der Waals surface area contributed by atoms with Crippen molar-refractivity contribution in [2.45, 2.75) is 6.61 Å². The molecule has 1 aliphatic heterocycles. The van der Waals surface area contributed by atoms with E-state index in [-0.39, 0.29) is 5.97 Å². The van der Waals surface area contributed by atoms with Crippen LogP contribution in [0.3, 0.4) is 0 Å². The number of hydrogen-bond donors (Lipinski definition) is 0. The predicted molar refractivity (Wildman–Crippen MR) is 60.8 cm³/mol. The minimum absolute atomic E-state index is 0.213. The highest BCUT2D eigenvalue weighted by molar-refractivity contribution is 9.10. The van der Waals surface area contributed by atoms with E-state index >= 15 is 0 Å². The lowest BCUT2D eigenvalue weighted by Gasteiger charge is -2.00. The third-order valence-electron chi connectivity index (χ3n) is 2.60. The average molecular weight is 263 g/mol. The summed E-state index contributed by atoms with van der Waals surface area (Å²) in [6.07, 6.45) is 0. The fraction of sp³-hybridized carbons (Fsp3) is 0.0833. The first-order valence-corrected chi connectivity index (χ1v) is 5.43. The number of ether oxygens (including phenoxy) is 1. The maximum atomic E-state index is 11.3. The molecular formula is C12H7BrO2. The fourth-order valence-corrected chi connectivity index (χ4v) is 2.22. The second-order valence-electron chi connectivity index (χ2n) is 3.58. The van der Waals surface area contributed by atoms with Gasteiger partial charge in [0.25, 0.3) is 0 Å². The number of carbonyl (C=O) groups is 1. The van der Waals surface area contributed by atoms with Crippen LogP contribution in [0.2, 0.25) is 0 Å². The maximum Gasteiger partial charge on any atom is 0.338 e. The van der Waals surface area contributed by atoms with E-state index in [4.69, 9.17) is 4.74 Å². The lowest BCUT2D eigenvalue weighted by atomic mass is 10.0. The van der Waals surface area contributed by atoms with Gasteiger partial charge in [0.2, 0.25) is 0 Å². The highest BCUT2D eigenvalue weighted by Crippen LogP contribution is 2.27. The molecule has 15 heavy (non-hydrogen) atoms. The van der Waals surface area contributed by atoms with Crippen LogP contribution in [0.15, 0.2) is 34.8 Å². The molecule has 3 rings (SSSR count). The van der Waals surface area contributed by atoms with Crippen LogP contribution in [0, 0.1) is 0 Å². The Hall–Kier alpha value is -1.35. The largest absolute Gasteiger partial charge is 0.457 e. The molecule has 0 amide bonds. The van der Waals surface area contributed by atoms with Crippen LogP contribution >= 0.6 is 15.9 Å². The van der Waals surface area contributed by atoms with Crippen LogP contribution in [0.4, 0.5) is 0 Å². The van der Waals surface area contributed by atoms with Crippen molar-refractivity contribution in [3.8, 4) is 0 Å². The molecule has 2 aromatic rings. The summed E-state index contributed by atoms with van der Waals surface area (Å²) in [6, 6.07) is 9.91. The Morgan fingerprint density at radius 3 is 2.87 bits per heavy atom. The van der Waals surface area contributed by atoms with Gasteiger partial charge in [-0.3, -0.25) is 0 Å². The number of rotatable bonds is 0. The third kappa shape index (κ3) is 1.35. The quantitative estimate of drug-likeness (QED) is 0.682. The van der Waals surface area contributed by atoms with E-state index in [1.807, 2.05) is 30.3 Å². The van der Waals surface area contributed by atoms with Crippen LogP contribution in [0.1, 0.15) is 15.9 Å². The van der Waals surface area contributed by atoms with Gasteiger partial charge >= 0.3 is 5.97 Å². The Labute approximate surface area is 95.0 Å². The zero-order chi connectivity index (χ0) is 10.4. The Morgan fingerprint density at radius 2 is 2.00 bits per heavy atom. The molecule has 1 heterocycles. The molecule has 0 N–H and O–H groups in total. The van der Waals surface area contributed by atoms with E-state index in [0.29, 0.717) is 12.2 Å². The second-order valence-corrected chi connectivity index (χ2v) is 4.49. The Balaban J connectivity index is 2.35. The summed E-state index contributed by atoms with van der Waals surface area (Å²) in [5.41, 5.74) is 1.68. The number of cyclic esters (lactones) is 1. The van der Waals surface area contributed by atoms with Gasteiger partial charge in [-0.2, -0.15) is 0 Å². The minimum Gasteiger partial charge on any atom is -0.457 e. The first kappa shape index (κ1) is 8.92. The molecule has 74 valence electrons. The van der Waals surface area contributed by atoms with Gasteiger partial charge < -0.3 is 4.74 Å². The predicted octanol–water partition coefficient (Wildman–Crippen LogP) is 3.27. The smallest absolute Gasteiger partial charge is 0.338 e. The summed E-state index contributed by atoms with van der Waals surface area (Å²) in [7, 11) is 0. The van der Waals surface area contributed by atoms with E-state index in [9.17, 15) is 4.79 Å². The summed E-state index contributed by atoms with van der Waals surface area (Å²) in [5, 5.41) is 2.19. The summed E-state index contributed by atoms with van der Waals surface area (Å²) >= 11 is 3.43. The zero-order valence-electron chi connectivity index (χ0n) is 7.79. The van der Waals surface area contributed by atoms with Crippen LogP contribution in [0.25, 0.3) is 10.8 Å². The molecule has 0 saturated heterocycles. The second kappa shape index (κ2) is 3.07. The normalized spacial score (nSPS) is 14.1. The first-order valence-electron chi connectivity index (χ1n) is 4.63. The van der Waals surface area contributed by atoms with Crippen LogP contribution in [-0.2, 0) is 11.3 Å². The molecule has 0 bridgehead atoms. The van der Waals surface area contributed by atoms with E-state index in [1.165, 1.54) is 0 Å². The topological polar surface area (TPSA) is 26.3 Å². The fourth-order valence-electron chi connectivity index (χ4n) is 1.85. The van der Waals surface area contributed by atoms with Crippen LogP contribution in [-0.4, -0.2) is 5.97 Å². The van der Waals surface area contributed by atoms with Crippen LogP contribution < -0.4 is 0 Å². The molecule has 1 aliphatic rings. The Kier molecular flexibility index (Phi) is 1.83. The number of carbonyl (C=O) groups excluding carboxylic acids is 1. The number of fused-ring (bicyclic) bond motifs is 2. The number of hydrogen-bond acceptors (Lipinski definition) is 2. The zero-order valence-corrected chi connectivity index (χ0v) is 9.37. The van der Waals surface area contributed by atoms with Crippen molar-refractivity contribution >= 4 is 32.7 Å². The maximum absolute atomic E-state index is 11.3. The first-order chi connectivity index (χ1) is 7.24. The van der Waals surface area contributed by atoms with Crippen molar-refractivity contribution in [2.24, 2.45) is 0 Å². The van der Waals surface area contributed by atoms with Crippen LogP contribution in [0.5, 0.6) is 0 Å². The van der Waals surface area contributed by atoms with Gasteiger partial charge in [0.15, 0.2) is 0 Å². The number of halogens is 1. The average Bonchev–Trinajstić information content (AvgIpc) is 2.57. The van der Waals surface area contributed by atoms with E-state index in [2.05, 4.69) is 15.9 Å². The molecule has 3 heteroatoms. The molecule has 2 nitrogen and oxygen atoms in total. The minimum atomic E-state index is -0.213. The van der Waals surface area contributed by atoms with Gasteiger partial charge in [-0.15, -0.1) is 0 Å². The summed E-state index contributed by atoms with van der Waals surface area (Å²) in [5.74, 6) is -0.213. The van der Waals surface area contributed by atoms with Crippen molar-refractivity contribution < 1.29 is 9.53 Å². The molecule has 0 atom stereocenters. The van der Waals surface area contributed by atoms with Gasteiger partial charge in [0.05, 0.1) is 5.56 Å². The van der Waals surface area contributed by atoms with Crippen molar-refractivity contribution in [1.29, 1.82) is 0 Å². The molecular weight excluding hydrogens is 256 g/mol. The molecule has 0 aromatic heterocycles. The van der Waals surface area contributed by atoms with Crippen molar-refractivity contribution in [2.75, 3.05) is 0 Å². The lowest BCUT2D eigenvalue weighted by Crippen LogP contribution is -1.93. The van der Waals surface area contributed by atoms with E-state index in [0.717, 1.165) is 20.8 Å². The molecule has 0 aliphatic carbocycles. The molecule has 0 spiro atoms. The highest BCUT2D eigenvalue weighted by Gasteiger charge is 2.21. The Morgan fingerprint density at radius 1 is 1.13 bits per heavy atom. The highest BCUT2D eigenvalue weighted by atomic mass is 79.9. The van der Waals surface area contributed by atoms with Gasteiger partial charge in [0, 0.05) is 10.0 Å². The summed E-state index contributed by atoms with van der Waals surface area (Å²) < 4.78 is 6.02. The van der Waals surface area contributed by atoms with Crippen molar-refractivity contribution in [3.05, 3.63) is 45.9 Å². The van der Waals surface area contributed by atoms with Crippen molar-refractivity contribution in [1.82, 2.24) is 0 Å². The summed E-state index contributed by atoms with van der Waals surface area (Å²) in [4.78, 5) is 11.3. The molecule has 0 radical (unpaired) electrons. The van der Waals surface area contributed by atoms with Gasteiger partial charge in [-0.05, 0) is 35.0 Å². The molecule has 0 saturated carbocycles. The monoisotopic (exact) mass is 262 g/mol. The third-order valence-corrected chi connectivity index (χ3v) is 3.10. The molecule has 2 aromatic carbocycles. The number of esters is 1. The van der Waals surface area contributed by atoms with Gasteiger partial charge in [-0.25, -0.2) is 4.79 Å². The van der Waals surface area contributed by atoms with Crippen molar-refractivity contribution in [3.63, 3.8) is 0 Å². The van der Waals surface area contributed by atoms with E-state index < -0.39 is 0 Å². The van der Waals surface area contributed by atoms with Gasteiger partial charge in [-0.1, -0.05) is 22.0 Å². The van der Waals surface area contributed by atoms with Gasteiger partial charge in [0.1, 0.15) is 6.61 Å². The SMILES string of the molecule is O=C1OCc2cc3cc(Br)ccc3cc21. The Bertz CT molecular complexity index is 575. The molecule has 0 unspecified atom stereocenters. The van der Waals surface area contributed by atoms with E-state index in [1.54, 1.807) is 0 Å². The lowest BCUT2D eigenvalue weighted by molar-refractivity contribution is 0.0535. The number of benzene rings is 2.